The zero-order valence-electron chi connectivity index (χ0n) is 12.0. The Kier molecular flexibility index (Phi) is 2.52. The average molecular weight is 284 g/mol. The van der Waals surface area contributed by atoms with E-state index in [9.17, 15) is 9.59 Å². The number of rotatable bonds is 2. The molecule has 0 radical (unpaired) electrons. The van der Waals surface area contributed by atoms with Crippen molar-refractivity contribution < 1.29 is 19.1 Å². The van der Waals surface area contributed by atoms with Gasteiger partial charge in [0.2, 0.25) is 0 Å². The van der Waals surface area contributed by atoms with Gasteiger partial charge in [-0.2, -0.15) is 0 Å². The lowest BCUT2D eigenvalue weighted by atomic mass is 9.60. The van der Waals surface area contributed by atoms with Crippen molar-refractivity contribution in [1.29, 1.82) is 0 Å². The van der Waals surface area contributed by atoms with Crippen molar-refractivity contribution in [3.63, 3.8) is 0 Å². The van der Waals surface area contributed by atoms with E-state index >= 15 is 0 Å². The van der Waals surface area contributed by atoms with Crippen molar-refractivity contribution in [1.82, 2.24) is 0 Å². The van der Waals surface area contributed by atoms with E-state index in [0.29, 0.717) is 23.0 Å². The largest absolute Gasteiger partial charge is 0.466 e. The van der Waals surface area contributed by atoms with E-state index in [2.05, 4.69) is 12.1 Å². The first-order chi connectivity index (χ1) is 10.2. The van der Waals surface area contributed by atoms with Crippen LogP contribution in [0.4, 0.5) is 0 Å². The highest BCUT2D eigenvalue weighted by Gasteiger charge is 2.62. The van der Waals surface area contributed by atoms with Crippen LogP contribution in [0.25, 0.3) is 0 Å². The Morgan fingerprint density at radius 1 is 0.905 bits per heavy atom. The SMILES string of the molecule is COC(=O)C1=C(C(=O)OC)C2C3CC(c4ccccc43)C12. The Morgan fingerprint density at radius 3 is 1.71 bits per heavy atom. The molecule has 4 heteroatoms. The van der Waals surface area contributed by atoms with Crippen molar-refractivity contribution in [3.8, 4) is 0 Å². The van der Waals surface area contributed by atoms with Crippen molar-refractivity contribution in [3.05, 3.63) is 46.5 Å². The number of hydrogen-bond donors (Lipinski definition) is 0. The normalized spacial score (nSPS) is 31.3. The van der Waals surface area contributed by atoms with Crippen LogP contribution in [0.1, 0.15) is 29.4 Å². The van der Waals surface area contributed by atoms with Gasteiger partial charge in [-0.25, -0.2) is 9.59 Å². The van der Waals surface area contributed by atoms with E-state index in [-0.39, 0.29) is 23.8 Å². The summed E-state index contributed by atoms with van der Waals surface area (Å²) in [5.41, 5.74) is 3.73. The Hall–Kier alpha value is -2.10. The van der Waals surface area contributed by atoms with Gasteiger partial charge >= 0.3 is 11.9 Å². The fraction of sp³-hybridized carbons (Fsp3) is 0.412. The zero-order chi connectivity index (χ0) is 14.7. The van der Waals surface area contributed by atoms with E-state index in [1.54, 1.807) is 0 Å². The standard InChI is InChI=1S/C17H16O4/c1-20-16(18)14-12-10-7-11(9-6-4-3-5-8(9)10)13(12)15(14)17(19)21-2/h3-6,10-13H,7H2,1-2H3. The summed E-state index contributed by atoms with van der Waals surface area (Å²) in [5.74, 6) is 0.124. The quantitative estimate of drug-likeness (QED) is 0.781. The molecule has 0 aromatic heterocycles. The Labute approximate surface area is 122 Å². The van der Waals surface area contributed by atoms with Crippen molar-refractivity contribution in [2.24, 2.45) is 11.8 Å². The van der Waals surface area contributed by atoms with Gasteiger partial charge in [0.1, 0.15) is 0 Å². The van der Waals surface area contributed by atoms with Crippen LogP contribution in [0.2, 0.25) is 0 Å². The van der Waals surface area contributed by atoms with E-state index in [1.165, 1.54) is 25.3 Å². The number of ether oxygens (including phenoxy) is 2. The maximum absolute atomic E-state index is 12.1. The third kappa shape index (κ3) is 1.40. The molecule has 21 heavy (non-hydrogen) atoms. The molecule has 4 atom stereocenters. The molecule has 3 aliphatic rings. The second kappa shape index (κ2) is 4.20. The van der Waals surface area contributed by atoms with Gasteiger partial charge in [0, 0.05) is 11.8 Å². The maximum Gasteiger partial charge on any atom is 0.334 e. The Morgan fingerprint density at radius 2 is 1.33 bits per heavy atom. The van der Waals surface area contributed by atoms with Gasteiger partial charge in [-0.1, -0.05) is 24.3 Å². The molecule has 0 N–H and O–H groups in total. The molecule has 108 valence electrons. The van der Waals surface area contributed by atoms with Crippen LogP contribution in [-0.4, -0.2) is 26.2 Å². The predicted octanol–water partition coefficient (Wildman–Crippen LogP) is 2.16. The van der Waals surface area contributed by atoms with E-state index < -0.39 is 0 Å². The van der Waals surface area contributed by atoms with Crippen LogP contribution in [0.15, 0.2) is 35.4 Å². The molecule has 0 aliphatic heterocycles. The fourth-order valence-electron chi connectivity index (χ4n) is 4.63. The summed E-state index contributed by atoms with van der Waals surface area (Å²) < 4.78 is 9.76. The molecule has 0 amide bonds. The number of carbonyl (C=O) groups excluding carboxylic acids is 2. The number of methoxy groups -OCH3 is 2. The molecule has 1 fully saturated rings. The van der Waals surface area contributed by atoms with Gasteiger partial charge in [-0.3, -0.25) is 0 Å². The van der Waals surface area contributed by atoms with Gasteiger partial charge in [-0.05, 0) is 29.4 Å². The molecular weight excluding hydrogens is 268 g/mol. The maximum atomic E-state index is 12.1. The van der Waals surface area contributed by atoms with E-state index in [0.717, 1.165) is 6.42 Å². The first-order valence-electron chi connectivity index (χ1n) is 7.18. The van der Waals surface area contributed by atoms with Gasteiger partial charge in [0.25, 0.3) is 0 Å². The smallest absolute Gasteiger partial charge is 0.334 e. The number of fused-ring (bicyclic) bond motifs is 8. The summed E-state index contributed by atoms with van der Waals surface area (Å²) in [5, 5.41) is 0. The molecule has 4 rings (SSSR count). The van der Waals surface area contributed by atoms with Crippen molar-refractivity contribution in [2.45, 2.75) is 18.3 Å². The van der Waals surface area contributed by atoms with E-state index in [4.69, 9.17) is 9.47 Å². The lowest BCUT2D eigenvalue weighted by Crippen LogP contribution is -2.42. The molecule has 0 saturated heterocycles. The fourth-order valence-corrected chi connectivity index (χ4v) is 4.63. The first kappa shape index (κ1) is 12.6. The van der Waals surface area contributed by atoms with Crippen LogP contribution >= 0.6 is 0 Å². The highest BCUT2D eigenvalue weighted by Crippen LogP contribution is 2.68. The van der Waals surface area contributed by atoms with Crippen molar-refractivity contribution >= 4 is 11.9 Å². The first-order valence-corrected chi connectivity index (χ1v) is 7.18. The van der Waals surface area contributed by atoms with Crippen LogP contribution in [-0.2, 0) is 19.1 Å². The molecule has 0 heterocycles. The summed E-state index contributed by atoms with van der Waals surface area (Å²) in [4.78, 5) is 24.1. The summed E-state index contributed by atoms with van der Waals surface area (Å²) in [6.07, 6.45) is 1.01. The minimum absolute atomic E-state index is 0.117. The molecule has 1 saturated carbocycles. The average Bonchev–Trinajstić information content (AvgIpc) is 3.00. The van der Waals surface area contributed by atoms with E-state index in [1.807, 2.05) is 12.1 Å². The van der Waals surface area contributed by atoms with Gasteiger partial charge < -0.3 is 9.47 Å². The monoisotopic (exact) mass is 284 g/mol. The second-order valence-electron chi connectivity index (χ2n) is 5.94. The summed E-state index contributed by atoms with van der Waals surface area (Å²) in [6, 6.07) is 8.36. The Balaban J connectivity index is 1.82. The van der Waals surface area contributed by atoms with Crippen LogP contribution in [0.5, 0.6) is 0 Å². The van der Waals surface area contributed by atoms with Crippen LogP contribution < -0.4 is 0 Å². The topological polar surface area (TPSA) is 52.6 Å². The summed E-state index contributed by atoms with van der Waals surface area (Å²) >= 11 is 0. The lowest BCUT2D eigenvalue weighted by molar-refractivity contribution is -0.142. The summed E-state index contributed by atoms with van der Waals surface area (Å²) in [6.45, 7) is 0. The van der Waals surface area contributed by atoms with Gasteiger partial charge in [-0.15, -0.1) is 0 Å². The molecule has 3 aliphatic carbocycles. The second-order valence-corrected chi connectivity index (χ2v) is 5.94. The molecule has 4 unspecified atom stereocenters. The lowest BCUT2D eigenvalue weighted by Gasteiger charge is -2.42. The number of carbonyl (C=O) groups is 2. The summed E-state index contributed by atoms with van der Waals surface area (Å²) in [7, 11) is 2.72. The predicted molar refractivity (Wildman–Crippen MR) is 74.6 cm³/mol. The minimum Gasteiger partial charge on any atom is -0.466 e. The molecule has 1 aromatic rings. The van der Waals surface area contributed by atoms with Crippen molar-refractivity contribution in [2.75, 3.05) is 14.2 Å². The highest BCUT2D eigenvalue weighted by molar-refractivity contribution is 6.05. The number of esters is 2. The third-order valence-corrected chi connectivity index (χ3v) is 5.32. The number of benzene rings is 1. The van der Waals surface area contributed by atoms with Gasteiger partial charge in [0.15, 0.2) is 0 Å². The van der Waals surface area contributed by atoms with Crippen LogP contribution in [0, 0.1) is 11.8 Å². The van der Waals surface area contributed by atoms with Crippen LogP contribution in [0.3, 0.4) is 0 Å². The third-order valence-electron chi connectivity index (χ3n) is 5.32. The highest BCUT2D eigenvalue weighted by atomic mass is 16.5. The minimum atomic E-state index is -0.387. The Bertz CT molecular complexity index is 631. The molecule has 4 nitrogen and oxygen atoms in total. The van der Waals surface area contributed by atoms with Gasteiger partial charge in [0.05, 0.1) is 25.4 Å². The molecule has 1 aromatic carbocycles. The molecular formula is C17H16O4. The molecule has 2 bridgehead atoms. The zero-order valence-corrected chi connectivity index (χ0v) is 12.0. The number of hydrogen-bond acceptors (Lipinski definition) is 4. The molecule has 0 spiro atoms.